The molecule has 0 aliphatic carbocycles. The van der Waals surface area contributed by atoms with Crippen molar-refractivity contribution in [2.45, 2.75) is 45.8 Å². The van der Waals surface area contributed by atoms with Crippen molar-refractivity contribution in [1.29, 1.82) is 0 Å². The van der Waals surface area contributed by atoms with Crippen molar-refractivity contribution in [3.63, 3.8) is 0 Å². The van der Waals surface area contributed by atoms with Gasteiger partial charge in [-0.05, 0) is 70.5 Å². The third-order valence-electron chi connectivity index (χ3n) is 7.14. The number of amides is 1. The number of carbonyl (C=O) groups is 2. The molecule has 224 valence electrons. The highest BCUT2D eigenvalue weighted by Crippen LogP contribution is 2.37. The molecule has 0 bridgehead atoms. The lowest BCUT2D eigenvalue weighted by atomic mass is 10.1. The summed E-state index contributed by atoms with van der Waals surface area (Å²) < 4.78 is 5.52. The van der Waals surface area contributed by atoms with E-state index in [9.17, 15) is 14.7 Å². The minimum Gasteiger partial charge on any atom is -0.505 e. The van der Waals surface area contributed by atoms with Crippen LogP contribution in [-0.4, -0.2) is 68.6 Å². The van der Waals surface area contributed by atoms with Gasteiger partial charge >= 0.3 is 6.09 Å². The van der Waals surface area contributed by atoms with Crippen molar-refractivity contribution in [3.8, 4) is 17.0 Å². The fourth-order valence-electron chi connectivity index (χ4n) is 4.87. The number of aromatic hydroxyl groups is 1. The van der Waals surface area contributed by atoms with E-state index in [-0.39, 0.29) is 33.7 Å². The van der Waals surface area contributed by atoms with Crippen LogP contribution in [0.4, 0.5) is 22.0 Å². The molecule has 4 aromatic rings. The van der Waals surface area contributed by atoms with Gasteiger partial charge in [0.2, 0.25) is 0 Å². The van der Waals surface area contributed by atoms with E-state index in [1.54, 1.807) is 42.4 Å². The van der Waals surface area contributed by atoms with Gasteiger partial charge in [-0.3, -0.25) is 9.78 Å². The van der Waals surface area contributed by atoms with Crippen molar-refractivity contribution in [2.24, 2.45) is 0 Å². The van der Waals surface area contributed by atoms with Crippen molar-refractivity contribution in [2.75, 3.05) is 30.4 Å². The fraction of sp³-hybridized carbons (Fsp3) is 0.323. The Labute approximate surface area is 259 Å². The number of pyridine rings is 3. The minimum atomic E-state index is -0.555. The van der Waals surface area contributed by atoms with Gasteiger partial charge in [0.25, 0.3) is 0 Å². The summed E-state index contributed by atoms with van der Waals surface area (Å²) in [4.78, 5) is 42.8. The monoisotopic (exact) mass is 622 g/mol. The van der Waals surface area contributed by atoms with E-state index >= 15 is 0 Å². The maximum atomic E-state index is 12.6. The molecule has 1 unspecified atom stereocenters. The number of fused-ring (bicyclic) bond motifs is 1. The number of likely N-dealkylation sites (N-methyl/N-ethyl adjacent to an activating group) is 1. The number of halogens is 2. The second-order valence-corrected chi connectivity index (χ2v) is 12.3. The fourth-order valence-corrected chi connectivity index (χ4v) is 5.36. The van der Waals surface area contributed by atoms with Crippen LogP contribution in [0.1, 0.15) is 44.5 Å². The predicted octanol–water partition coefficient (Wildman–Crippen LogP) is 7.10. The average molecular weight is 624 g/mol. The number of ether oxygens (including phenoxy) is 1. The van der Waals surface area contributed by atoms with E-state index < -0.39 is 5.60 Å². The molecule has 1 aliphatic heterocycles. The van der Waals surface area contributed by atoms with Gasteiger partial charge < -0.3 is 25.0 Å². The van der Waals surface area contributed by atoms with Gasteiger partial charge in [0, 0.05) is 31.9 Å². The first-order valence-corrected chi connectivity index (χ1v) is 14.5. The van der Waals surface area contributed by atoms with E-state index in [1.165, 1.54) is 13.1 Å². The normalized spacial score (nSPS) is 15.0. The lowest BCUT2D eigenvalue weighted by Crippen LogP contribution is -2.42. The third kappa shape index (κ3) is 6.60. The molecule has 0 saturated carbocycles. The van der Waals surface area contributed by atoms with Gasteiger partial charge in [-0.1, -0.05) is 23.2 Å². The zero-order valence-electron chi connectivity index (χ0n) is 24.5. The molecule has 2 N–H and O–H groups in total. The zero-order valence-corrected chi connectivity index (χ0v) is 26.0. The molecule has 1 amide bonds. The summed E-state index contributed by atoms with van der Waals surface area (Å²) in [6, 6.07) is 10.5. The number of rotatable bonds is 6. The molecule has 1 saturated heterocycles. The van der Waals surface area contributed by atoms with Gasteiger partial charge in [0.1, 0.15) is 16.9 Å². The SMILES string of the molecule is CC(=O)c1cnc2ccc(-c3cc(Cl)c(O)c(Cl)c3)nc2c1Nc1ccc(N2CCC(N(C)C(=O)OC(C)(C)C)C2)nc1. The Morgan fingerprint density at radius 3 is 2.44 bits per heavy atom. The van der Waals surface area contributed by atoms with Gasteiger partial charge in [-0.25, -0.2) is 14.8 Å². The van der Waals surface area contributed by atoms with Crippen molar-refractivity contribution in [3.05, 3.63) is 64.4 Å². The molecule has 10 nitrogen and oxygen atoms in total. The van der Waals surface area contributed by atoms with Crippen LogP contribution < -0.4 is 10.2 Å². The van der Waals surface area contributed by atoms with E-state index in [1.807, 2.05) is 32.9 Å². The molecule has 1 atom stereocenters. The topological polar surface area (TPSA) is 121 Å². The smallest absolute Gasteiger partial charge is 0.410 e. The molecular formula is C31H32Cl2N6O4. The third-order valence-corrected chi connectivity index (χ3v) is 7.71. The molecule has 43 heavy (non-hydrogen) atoms. The highest BCUT2D eigenvalue weighted by Gasteiger charge is 2.31. The van der Waals surface area contributed by atoms with Crippen LogP contribution >= 0.6 is 23.2 Å². The number of carbonyl (C=O) groups excluding carboxylic acids is 2. The summed E-state index contributed by atoms with van der Waals surface area (Å²) >= 11 is 12.3. The molecule has 1 aliphatic rings. The second-order valence-electron chi connectivity index (χ2n) is 11.5. The van der Waals surface area contributed by atoms with Gasteiger partial charge in [-0.2, -0.15) is 0 Å². The highest BCUT2D eigenvalue weighted by atomic mass is 35.5. The molecule has 12 heteroatoms. The Bertz CT molecular complexity index is 1680. The first kappa shape index (κ1) is 30.3. The number of anilines is 3. The molecule has 3 aromatic heterocycles. The number of hydrogen-bond acceptors (Lipinski definition) is 9. The summed E-state index contributed by atoms with van der Waals surface area (Å²) in [7, 11) is 1.76. The van der Waals surface area contributed by atoms with Crippen molar-refractivity contribution >= 4 is 63.3 Å². The molecular weight excluding hydrogens is 591 g/mol. The maximum absolute atomic E-state index is 12.6. The number of Topliss-reactive ketones (excluding diaryl/α,β-unsaturated/α-hetero) is 1. The number of ketones is 1. The Morgan fingerprint density at radius 2 is 1.81 bits per heavy atom. The number of phenolic OH excluding ortho intramolecular Hbond substituents is 1. The molecule has 1 fully saturated rings. The van der Waals surface area contributed by atoms with E-state index in [2.05, 4.69) is 20.2 Å². The molecule has 0 radical (unpaired) electrons. The van der Waals surface area contributed by atoms with Gasteiger partial charge in [0.05, 0.1) is 50.4 Å². The predicted molar refractivity (Wildman–Crippen MR) is 169 cm³/mol. The van der Waals surface area contributed by atoms with Crippen molar-refractivity contribution in [1.82, 2.24) is 19.9 Å². The van der Waals surface area contributed by atoms with Crippen LogP contribution in [0.15, 0.2) is 48.8 Å². The quantitative estimate of drug-likeness (QED) is 0.217. The maximum Gasteiger partial charge on any atom is 0.410 e. The zero-order chi connectivity index (χ0) is 31.1. The number of phenols is 1. The number of aromatic nitrogens is 3. The molecule has 5 rings (SSSR count). The highest BCUT2D eigenvalue weighted by molar-refractivity contribution is 6.37. The van der Waals surface area contributed by atoms with E-state index in [0.717, 1.165) is 18.8 Å². The summed E-state index contributed by atoms with van der Waals surface area (Å²) in [6.07, 6.45) is 3.68. The van der Waals surface area contributed by atoms with Crippen LogP contribution in [0, 0.1) is 0 Å². The largest absolute Gasteiger partial charge is 0.505 e. The van der Waals surface area contributed by atoms with Crippen LogP contribution in [0.25, 0.3) is 22.3 Å². The number of benzene rings is 1. The first-order chi connectivity index (χ1) is 20.3. The summed E-state index contributed by atoms with van der Waals surface area (Å²) in [5, 5.41) is 13.5. The van der Waals surface area contributed by atoms with E-state index in [0.29, 0.717) is 45.8 Å². The molecule has 0 spiro atoms. The van der Waals surface area contributed by atoms with Gasteiger partial charge in [0.15, 0.2) is 11.5 Å². The van der Waals surface area contributed by atoms with Crippen LogP contribution in [0.2, 0.25) is 10.0 Å². The first-order valence-electron chi connectivity index (χ1n) is 13.7. The van der Waals surface area contributed by atoms with Crippen molar-refractivity contribution < 1.29 is 19.4 Å². The summed E-state index contributed by atoms with van der Waals surface area (Å²) in [5.74, 6) is 0.395. The Balaban J connectivity index is 1.39. The number of nitrogens with zero attached hydrogens (tertiary/aromatic N) is 5. The van der Waals surface area contributed by atoms with E-state index in [4.69, 9.17) is 32.9 Å². The average Bonchev–Trinajstić information content (AvgIpc) is 3.45. The van der Waals surface area contributed by atoms with Crippen LogP contribution in [-0.2, 0) is 4.74 Å². The minimum absolute atomic E-state index is 0.00868. The van der Waals surface area contributed by atoms with Crippen LogP contribution in [0.5, 0.6) is 5.75 Å². The Hall–Kier alpha value is -4.15. The summed E-state index contributed by atoms with van der Waals surface area (Å²) in [6.45, 7) is 8.41. The number of hydrogen-bond donors (Lipinski definition) is 2. The summed E-state index contributed by atoms with van der Waals surface area (Å²) in [5.41, 5.74) is 3.15. The standard InChI is InChI=1S/C31H32Cl2N6O4/c1-17(40)21-15-34-25-8-7-24(18-12-22(32)29(41)23(33)13-18)37-28(25)27(21)36-19-6-9-26(35-14-19)39-11-10-20(16-39)38(5)30(42)43-31(2,3)4/h6-9,12-15,20,41H,10-11,16H2,1-5H3,(H,34,36). The Morgan fingerprint density at radius 1 is 1.09 bits per heavy atom. The number of nitrogens with one attached hydrogen (secondary N) is 1. The Kier molecular flexibility index (Phi) is 8.36. The van der Waals surface area contributed by atoms with Gasteiger partial charge in [-0.15, -0.1) is 0 Å². The lowest BCUT2D eigenvalue weighted by Gasteiger charge is -2.28. The second kappa shape index (κ2) is 11.9. The molecule has 1 aromatic carbocycles. The lowest BCUT2D eigenvalue weighted by molar-refractivity contribution is 0.0237. The van der Waals surface area contributed by atoms with Crippen LogP contribution in [0.3, 0.4) is 0 Å². The molecule has 4 heterocycles.